The summed E-state index contributed by atoms with van der Waals surface area (Å²) >= 11 is 1.45. The molecule has 0 amide bonds. The Morgan fingerprint density at radius 2 is 2.31 bits per heavy atom. The van der Waals surface area contributed by atoms with Crippen molar-refractivity contribution in [1.82, 2.24) is 0 Å². The van der Waals surface area contributed by atoms with Crippen LogP contribution < -0.4 is 0 Å². The van der Waals surface area contributed by atoms with E-state index in [0.717, 1.165) is 10.4 Å². The largest absolute Gasteiger partial charge is 0.462 e. The number of hydrogen-bond acceptors (Lipinski definition) is 3. The molecule has 0 aliphatic carbocycles. The fourth-order valence-corrected chi connectivity index (χ4v) is 2.08. The van der Waals surface area contributed by atoms with Gasteiger partial charge in [0.25, 0.3) is 0 Å². The molecular formula is C10H14O2S. The van der Waals surface area contributed by atoms with Crippen molar-refractivity contribution in [2.24, 2.45) is 0 Å². The van der Waals surface area contributed by atoms with Gasteiger partial charge in [-0.05, 0) is 29.9 Å². The first kappa shape index (κ1) is 10.3. The third kappa shape index (κ3) is 2.31. The molecule has 1 aromatic rings. The van der Waals surface area contributed by atoms with Crippen LogP contribution in [0.25, 0.3) is 0 Å². The molecule has 0 saturated carbocycles. The maximum atomic E-state index is 11.4. The summed E-state index contributed by atoms with van der Waals surface area (Å²) in [4.78, 5) is 12.2. The molecule has 0 unspecified atom stereocenters. The monoisotopic (exact) mass is 198 g/mol. The van der Waals surface area contributed by atoms with Gasteiger partial charge in [0.15, 0.2) is 0 Å². The van der Waals surface area contributed by atoms with Gasteiger partial charge < -0.3 is 4.74 Å². The molecule has 0 atom stereocenters. The second kappa shape index (κ2) is 4.42. The maximum absolute atomic E-state index is 11.4. The third-order valence-electron chi connectivity index (χ3n) is 1.78. The minimum absolute atomic E-state index is 0.193. The molecule has 1 heterocycles. The Kier molecular flexibility index (Phi) is 3.48. The van der Waals surface area contributed by atoms with Crippen molar-refractivity contribution < 1.29 is 9.53 Å². The smallest absolute Gasteiger partial charge is 0.348 e. The lowest BCUT2D eigenvalue weighted by atomic mass is 10.0. The van der Waals surface area contributed by atoms with Gasteiger partial charge in [0, 0.05) is 0 Å². The number of ether oxygens (including phenoxy) is 1. The van der Waals surface area contributed by atoms with Crippen LogP contribution in [0.2, 0.25) is 0 Å². The zero-order valence-corrected chi connectivity index (χ0v) is 8.98. The summed E-state index contributed by atoms with van der Waals surface area (Å²) in [6.07, 6.45) is 0. The van der Waals surface area contributed by atoms with E-state index in [1.54, 1.807) is 0 Å². The zero-order chi connectivity index (χ0) is 9.84. The van der Waals surface area contributed by atoms with E-state index >= 15 is 0 Å². The lowest BCUT2D eigenvalue weighted by Crippen LogP contribution is -2.05. The second-order valence-electron chi connectivity index (χ2n) is 3.08. The van der Waals surface area contributed by atoms with E-state index in [1.807, 2.05) is 18.4 Å². The molecule has 0 saturated heterocycles. The highest BCUT2D eigenvalue weighted by atomic mass is 32.1. The summed E-state index contributed by atoms with van der Waals surface area (Å²) in [5.74, 6) is 0.187. The quantitative estimate of drug-likeness (QED) is 0.698. The van der Waals surface area contributed by atoms with Gasteiger partial charge in [-0.15, -0.1) is 11.3 Å². The Labute approximate surface area is 82.5 Å². The molecule has 72 valence electrons. The van der Waals surface area contributed by atoms with Gasteiger partial charge in [-0.2, -0.15) is 0 Å². The van der Waals surface area contributed by atoms with Crippen molar-refractivity contribution in [1.29, 1.82) is 0 Å². The molecule has 1 rings (SSSR count). The molecule has 0 aliphatic rings. The lowest BCUT2D eigenvalue weighted by Gasteiger charge is -2.05. The fraction of sp³-hybridized carbons (Fsp3) is 0.500. The summed E-state index contributed by atoms with van der Waals surface area (Å²) in [6.45, 7) is 6.41. The summed E-state index contributed by atoms with van der Waals surface area (Å²) in [7, 11) is 0. The minimum Gasteiger partial charge on any atom is -0.462 e. The maximum Gasteiger partial charge on any atom is 0.348 e. The lowest BCUT2D eigenvalue weighted by molar-refractivity contribution is 0.0530. The van der Waals surface area contributed by atoms with Crippen LogP contribution in [-0.2, 0) is 4.74 Å². The molecule has 13 heavy (non-hydrogen) atoms. The highest BCUT2D eigenvalue weighted by molar-refractivity contribution is 7.12. The van der Waals surface area contributed by atoms with Crippen molar-refractivity contribution in [2.75, 3.05) is 6.61 Å². The van der Waals surface area contributed by atoms with E-state index in [0.29, 0.717) is 12.5 Å². The first-order chi connectivity index (χ1) is 6.16. The molecule has 2 nitrogen and oxygen atoms in total. The first-order valence-electron chi connectivity index (χ1n) is 4.41. The molecular weight excluding hydrogens is 184 g/mol. The fourth-order valence-electron chi connectivity index (χ4n) is 1.14. The predicted octanol–water partition coefficient (Wildman–Crippen LogP) is 3.05. The van der Waals surface area contributed by atoms with Gasteiger partial charge >= 0.3 is 5.97 Å². The Bertz CT molecular complexity index is 289. The van der Waals surface area contributed by atoms with Gasteiger partial charge in [-0.3, -0.25) is 0 Å². The highest BCUT2D eigenvalue weighted by Gasteiger charge is 2.15. The normalized spacial score (nSPS) is 10.5. The zero-order valence-electron chi connectivity index (χ0n) is 8.16. The Balaban J connectivity index is 2.87. The van der Waals surface area contributed by atoms with Crippen LogP contribution >= 0.6 is 11.3 Å². The van der Waals surface area contributed by atoms with Gasteiger partial charge in [0.1, 0.15) is 4.88 Å². The van der Waals surface area contributed by atoms with E-state index in [2.05, 4.69) is 13.8 Å². The van der Waals surface area contributed by atoms with Gasteiger partial charge in [0.05, 0.1) is 6.61 Å². The molecule has 0 aromatic carbocycles. The van der Waals surface area contributed by atoms with Crippen LogP contribution in [0.4, 0.5) is 0 Å². The van der Waals surface area contributed by atoms with Gasteiger partial charge in [0.2, 0.25) is 0 Å². The van der Waals surface area contributed by atoms with Gasteiger partial charge in [-0.1, -0.05) is 13.8 Å². The number of rotatable bonds is 3. The van der Waals surface area contributed by atoms with Crippen molar-refractivity contribution in [3.05, 3.63) is 21.9 Å². The number of carbonyl (C=O) groups is 1. The summed E-state index contributed by atoms with van der Waals surface area (Å²) in [6, 6.07) is 1.99. The SMILES string of the molecule is CCOC(=O)c1sccc1C(C)C. The number of carbonyl (C=O) groups excluding carboxylic acids is 1. The van der Waals surface area contributed by atoms with Crippen LogP contribution in [0.1, 0.15) is 41.9 Å². The summed E-state index contributed by atoms with van der Waals surface area (Å²) in [5.41, 5.74) is 1.09. The number of thiophene rings is 1. The van der Waals surface area contributed by atoms with Crippen LogP contribution in [0, 0.1) is 0 Å². The highest BCUT2D eigenvalue weighted by Crippen LogP contribution is 2.25. The third-order valence-corrected chi connectivity index (χ3v) is 2.69. The van der Waals surface area contributed by atoms with E-state index in [4.69, 9.17) is 4.74 Å². The molecule has 0 bridgehead atoms. The summed E-state index contributed by atoms with van der Waals surface area (Å²) in [5, 5.41) is 1.93. The predicted molar refractivity (Wildman–Crippen MR) is 54.4 cm³/mol. The minimum atomic E-state index is -0.193. The molecule has 0 aliphatic heterocycles. The van der Waals surface area contributed by atoms with Crippen molar-refractivity contribution in [3.63, 3.8) is 0 Å². The Hall–Kier alpha value is -0.830. The average molecular weight is 198 g/mol. The number of esters is 1. The average Bonchev–Trinajstić information content (AvgIpc) is 2.52. The molecule has 1 aromatic heterocycles. The second-order valence-corrected chi connectivity index (χ2v) is 4.00. The Morgan fingerprint density at radius 3 is 2.85 bits per heavy atom. The van der Waals surface area contributed by atoms with Crippen LogP contribution in [0.3, 0.4) is 0 Å². The van der Waals surface area contributed by atoms with Crippen LogP contribution in [-0.4, -0.2) is 12.6 Å². The van der Waals surface area contributed by atoms with E-state index in [9.17, 15) is 4.79 Å². The topological polar surface area (TPSA) is 26.3 Å². The van der Waals surface area contributed by atoms with Crippen LogP contribution in [0.15, 0.2) is 11.4 Å². The molecule has 3 heteroatoms. The first-order valence-corrected chi connectivity index (χ1v) is 5.29. The molecule has 0 spiro atoms. The van der Waals surface area contributed by atoms with Gasteiger partial charge in [-0.25, -0.2) is 4.79 Å². The summed E-state index contributed by atoms with van der Waals surface area (Å²) < 4.78 is 4.95. The van der Waals surface area contributed by atoms with E-state index < -0.39 is 0 Å². The van der Waals surface area contributed by atoms with Crippen molar-refractivity contribution in [2.45, 2.75) is 26.7 Å². The van der Waals surface area contributed by atoms with E-state index in [1.165, 1.54) is 11.3 Å². The Morgan fingerprint density at radius 1 is 1.62 bits per heavy atom. The van der Waals surface area contributed by atoms with Crippen molar-refractivity contribution >= 4 is 17.3 Å². The van der Waals surface area contributed by atoms with E-state index in [-0.39, 0.29) is 5.97 Å². The van der Waals surface area contributed by atoms with Crippen molar-refractivity contribution in [3.8, 4) is 0 Å². The molecule has 0 fully saturated rings. The standard InChI is InChI=1S/C10H14O2S/c1-4-12-10(11)9-8(7(2)3)5-6-13-9/h5-7H,4H2,1-3H3. The van der Waals surface area contributed by atoms with Crippen LogP contribution in [0.5, 0.6) is 0 Å². The molecule has 0 N–H and O–H groups in total. The molecule has 0 radical (unpaired) electrons. The number of hydrogen-bond donors (Lipinski definition) is 0.